The maximum absolute atomic E-state index is 12.2. The zero-order valence-electron chi connectivity index (χ0n) is 12.5. The van der Waals surface area contributed by atoms with Gasteiger partial charge in [-0.1, -0.05) is 25.5 Å². The zero-order valence-corrected chi connectivity index (χ0v) is 12.5. The van der Waals surface area contributed by atoms with Gasteiger partial charge < -0.3 is 11.1 Å². The highest BCUT2D eigenvalue weighted by atomic mass is 16.2. The molecule has 0 spiro atoms. The number of rotatable bonds is 7. The van der Waals surface area contributed by atoms with Gasteiger partial charge in [-0.05, 0) is 44.4 Å². The fourth-order valence-corrected chi connectivity index (χ4v) is 2.42. The van der Waals surface area contributed by atoms with E-state index in [4.69, 9.17) is 5.73 Å². The molecule has 4 heteroatoms. The summed E-state index contributed by atoms with van der Waals surface area (Å²) in [5.41, 5.74) is 8.31. The van der Waals surface area contributed by atoms with Gasteiger partial charge in [-0.25, -0.2) is 0 Å². The highest BCUT2D eigenvalue weighted by Crippen LogP contribution is 2.27. The van der Waals surface area contributed by atoms with Crippen LogP contribution in [0.25, 0.3) is 0 Å². The van der Waals surface area contributed by atoms with E-state index in [0.717, 1.165) is 30.6 Å². The Morgan fingerprint density at radius 2 is 2.20 bits per heavy atom. The van der Waals surface area contributed by atoms with Crippen LogP contribution in [0.5, 0.6) is 0 Å². The molecule has 110 valence electrons. The average Bonchev–Trinajstić information content (AvgIpc) is 3.23. The molecule has 0 unspecified atom stereocenters. The van der Waals surface area contributed by atoms with Crippen molar-refractivity contribution in [2.75, 3.05) is 24.1 Å². The molecule has 0 aliphatic heterocycles. The lowest BCUT2D eigenvalue weighted by atomic mass is 10.1. The van der Waals surface area contributed by atoms with Gasteiger partial charge in [-0.3, -0.25) is 9.69 Å². The second-order valence-corrected chi connectivity index (χ2v) is 5.64. The van der Waals surface area contributed by atoms with Crippen LogP contribution < -0.4 is 11.1 Å². The lowest BCUT2D eigenvalue weighted by Gasteiger charge is -2.21. The summed E-state index contributed by atoms with van der Waals surface area (Å²) in [6.45, 7) is 5.62. The van der Waals surface area contributed by atoms with Crippen LogP contribution in [0.3, 0.4) is 0 Å². The molecule has 1 amide bonds. The third kappa shape index (κ3) is 3.97. The summed E-state index contributed by atoms with van der Waals surface area (Å²) in [5.74, 6) is 0.0361. The van der Waals surface area contributed by atoms with Crippen molar-refractivity contribution < 1.29 is 4.79 Å². The van der Waals surface area contributed by atoms with Crippen LogP contribution in [0.15, 0.2) is 18.2 Å². The molecule has 0 radical (unpaired) electrons. The maximum Gasteiger partial charge on any atom is 0.238 e. The molecular formula is C16H25N3O. The molecule has 0 atom stereocenters. The third-order valence-corrected chi connectivity index (χ3v) is 3.78. The lowest BCUT2D eigenvalue weighted by Crippen LogP contribution is -2.35. The monoisotopic (exact) mass is 275 g/mol. The SMILES string of the molecule is CCCCN(CC(=O)Nc1c(C)cccc1N)C1CC1. The smallest absolute Gasteiger partial charge is 0.238 e. The predicted molar refractivity (Wildman–Crippen MR) is 83.7 cm³/mol. The van der Waals surface area contributed by atoms with Crippen molar-refractivity contribution in [3.63, 3.8) is 0 Å². The molecule has 3 N–H and O–H groups in total. The Hall–Kier alpha value is -1.55. The number of aryl methyl sites for hydroxylation is 1. The van der Waals surface area contributed by atoms with E-state index in [1.807, 2.05) is 25.1 Å². The Morgan fingerprint density at radius 3 is 2.80 bits per heavy atom. The van der Waals surface area contributed by atoms with Crippen LogP contribution in [0.4, 0.5) is 11.4 Å². The first-order valence-electron chi connectivity index (χ1n) is 7.50. The molecule has 0 saturated heterocycles. The largest absolute Gasteiger partial charge is 0.397 e. The number of anilines is 2. The highest BCUT2D eigenvalue weighted by molar-refractivity contribution is 5.96. The van der Waals surface area contributed by atoms with Crippen molar-refractivity contribution in [3.05, 3.63) is 23.8 Å². The fraction of sp³-hybridized carbons (Fsp3) is 0.562. The van der Waals surface area contributed by atoms with E-state index in [1.54, 1.807) is 0 Å². The summed E-state index contributed by atoms with van der Waals surface area (Å²) < 4.78 is 0. The zero-order chi connectivity index (χ0) is 14.5. The Kier molecular flexibility index (Phi) is 5.01. The normalized spacial score (nSPS) is 14.6. The van der Waals surface area contributed by atoms with Crippen molar-refractivity contribution >= 4 is 17.3 Å². The second kappa shape index (κ2) is 6.75. The Bertz CT molecular complexity index is 449. The van der Waals surface area contributed by atoms with Gasteiger partial charge in [-0.15, -0.1) is 0 Å². The van der Waals surface area contributed by atoms with Crippen LogP contribution in [-0.4, -0.2) is 29.9 Å². The average molecular weight is 275 g/mol. The number of nitrogens with zero attached hydrogens (tertiary/aromatic N) is 1. The molecule has 2 rings (SSSR count). The number of carbonyl (C=O) groups is 1. The van der Waals surface area contributed by atoms with Gasteiger partial charge in [0.05, 0.1) is 17.9 Å². The Labute approximate surface area is 121 Å². The molecule has 1 aliphatic carbocycles. The first kappa shape index (κ1) is 14.9. The predicted octanol–water partition coefficient (Wildman–Crippen LogP) is 2.78. The summed E-state index contributed by atoms with van der Waals surface area (Å²) in [4.78, 5) is 14.5. The van der Waals surface area contributed by atoms with Crippen molar-refractivity contribution in [2.45, 2.75) is 45.6 Å². The molecular weight excluding hydrogens is 250 g/mol. The lowest BCUT2D eigenvalue weighted by molar-refractivity contribution is -0.117. The molecule has 1 aromatic rings. The van der Waals surface area contributed by atoms with E-state index < -0.39 is 0 Å². The van der Waals surface area contributed by atoms with Crippen LogP contribution in [-0.2, 0) is 4.79 Å². The molecule has 1 aromatic carbocycles. The number of unbranched alkanes of at least 4 members (excludes halogenated alkanes) is 1. The molecule has 1 aliphatic rings. The Morgan fingerprint density at radius 1 is 1.45 bits per heavy atom. The number of carbonyl (C=O) groups excluding carboxylic acids is 1. The van der Waals surface area contributed by atoms with Crippen molar-refractivity contribution in [2.24, 2.45) is 0 Å². The first-order chi connectivity index (χ1) is 9.61. The minimum absolute atomic E-state index is 0.0361. The highest BCUT2D eigenvalue weighted by Gasteiger charge is 2.29. The first-order valence-corrected chi connectivity index (χ1v) is 7.50. The molecule has 1 fully saturated rings. The summed E-state index contributed by atoms with van der Waals surface area (Å²) in [6.07, 6.45) is 4.76. The van der Waals surface area contributed by atoms with Crippen LogP contribution in [0.1, 0.15) is 38.2 Å². The molecule has 0 aromatic heterocycles. The topological polar surface area (TPSA) is 58.4 Å². The van der Waals surface area contributed by atoms with Crippen LogP contribution >= 0.6 is 0 Å². The number of amides is 1. The van der Waals surface area contributed by atoms with Gasteiger partial charge in [0.15, 0.2) is 0 Å². The van der Waals surface area contributed by atoms with Crippen molar-refractivity contribution in [3.8, 4) is 0 Å². The third-order valence-electron chi connectivity index (χ3n) is 3.78. The fourth-order valence-electron chi connectivity index (χ4n) is 2.42. The van der Waals surface area contributed by atoms with E-state index in [2.05, 4.69) is 17.1 Å². The number of nitrogens with one attached hydrogen (secondary N) is 1. The van der Waals surface area contributed by atoms with Gasteiger partial charge in [0.2, 0.25) is 5.91 Å². The minimum atomic E-state index is 0.0361. The number of nitrogens with two attached hydrogens (primary N) is 1. The molecule has 1 saturated carbocycles. The van der Waals surface area contributed by atoms with Gasteiger partial charge in [0.1, 0.15) is 0 Å². The number of hydrogen-bond acceptors (Lipinski definition) is 3. The Balaban J connectivity index is 1.93. The van der Waals surface area contributed by atoms with Gasteiger partial charge in [-0.2, -0.15) is 0 Å². The van der Waals surface area contributed by atoms with Gasteiger partial charge in [0, 0.05) is 6.04 Å². The van der Waals surface area contributed by atoms with E-state index in [-0.39, 0.29) is 5.91 Å². The standard InChI is InChI=1S/C16H25N3O/c1-3-4-10-19(13-8-9-13)11-15(20)18-16-12(2)6-5-7-14(16)17/h5-7,13H,3-4,8-11,17H2,1-2H3,(H,18,20). The molecule has 0 bridgehead atoms. The van der Waals surface area contributed by atoms with Gasteiger partial charge in [0.25, 0.3) is 0 Å². The summed E-state index contributed by atoms with van der Waals surface area (Å²) in [7, 11) is 0. The quantitative estimate of drug-likeness (QED) is 0.752. The molecule has 0 heterocycles. The molecule has 20 heavy (non-hydrogen) atoms. The summed E-state index contributed by atoms with van der Waals surface area (Å²) >= 11 is 0. The van der Waals surface area contributed by atoms with E-state index in [9.17, 15) is 4.79 Å². The number of para-hydroxylation sites is 1. The molecule has 4 nitrogen and oxygen atoms in total. The van der Waals surface area contributed by atoms with Gasteiger partial charge >= 0.3 is 0 Å². The van der Waals surface area contributed by atoms with Crippen molar-refractivity contribution in [1.29, 1.82) is 0 Å². The summed E-state index contributed by atoms with van der Waals surface area (Å²) in [5, 5.41) is 2.96. The maximum atomic E-state index is 12.2. The minimum Gasteiger partial charge on any atom is -0.397 e. The van der Waals surface area contributed by atoms with Crippen LogP contribution in [0.2, 0.25) is 0 Å². The second-order valence-electron chi connectivity index (χ2n) is 5.64. The number of hydrogen-bond donors (Lipinski definition) is 2. The summed E-state index contributed by atoms with van der Waals surface area (Å²) in [6, 6.07) is 6.29. The van der Waals surface area contributed by atoms with Crippen LogP contribution in [0, 0.1) is 6.92 Å². The van der Waals surface area contributed by atoms with E-state index in [0.29, 0.717) is 18.3 Å². The van der Waals surface area contributed by atoms with Crippen molar-refractivity contribution in [1.82, 2.24) is 4.90 Å². The van der Waals surface area contributed by atoms with E-state index in [1.165, 1.54) is 12.8 Å². The number of benzene rings is 1. The van der Waals surface area contributed by atoms with E-state index >= 15 is 0 Å². The number of nitrogen functional groups attached to an aromatic ring is 1.